The zero-order chi connectivity index (χ0) is 21.5. The predicted octanol–water partition coefficient (Wildman–Crippen LogP) is 4.65. The van der Waals surface area contributed by atoms with E-state index >= 15 is 0 Å². The van der Waals surface area contributed by atoms with Crippen molar-refractivity contribution in [3.8, 4) is 0 Å². The number of aromatic nitrogens is 3. The lowest BCUT2D eigenvalue weighted by Gasteiger charge is -2.37. The van der Waals surface area contributed by atoms with Crippen LogP contribution < -0.4 is 10.2 Å². The third-order valence-electron chi connectivity index (χ3n) is 5.78. The summed E-state index contributed by atoms with van der Waals surface area (Å²) in [7, 11) is 0. The monoisotopic (exact) mass is 429 g/mol. The molecule has 3 aromatic rings. The summed E-state index contributed by atoms with van der Waals surface area (Å²) in [6, 6.07) is 6.54. The number of hydrogen-bond acceptors (Lipinski definition) is 6. The molecule has 1 fully saturated rings. The molecule has 0 radical (unpaired) electrons. The summed E-state index contributed by atoms with van der Waals surface area (Å²) >= 11 is 6.16. The number of anilines is 2. The van der Waals surface area contributed by atoms with Crippen molar-refractivity contribution in [3.05, 3.63) is 52.6 Å². The van der Waals surface area contributed by atoms with Crippen LogP contribution in [0.3, 0.4) is 0 Å². The highest BCUT2D eigenvalue weighted by Crippen LogP contribution is 2.32. The van der Waals surface area contributed by atoms with E-state index in [1.807, 2.05) is 33.0 Å². The smallest absolute Gasteiger partial charge is 0.158 e. The minimum Gasteiger partial charge on any atom is -0.390 e. The lowest BCUT2D eigenvalue weighted by molar-refractivity contribution is 0.0351. The number of hydrogen-bond donors (Lipinski definition) is 2. The summed E-state index contributed by atoms with van der Waals surface area (Å²) in [5.74, 6) is 0.120. The van der Waals surface area contributed by atoms with E-state index < -0.39 is 11.4 Å². The van der Waals surface area contributed by atoms with Crippen molar-refractivity contribution in [1.29, 1.82) is 0 Å². The molecule has 2 N–H and O–H groups in total. The molecule has 1 aromatic carbocycles. The summed E-state index contributed by atoms with van der Waals surface area (Å²) in [6.07, 6.45) is 3.26. The van der Waals surface area contributed by atoms with E-state index in [4.69, 9.17) is 11.6 Å². The zero-order valence-electron chi connectivity index (χ0n) is 17.3. The van der Waals surface area contributed by atoms with Gasteiger partial charge in [0, 0.05) is 18.5 Å². The highest BCUT2D eigenvalue weighted by molar-refractivity contribution is 6.31. The Morgan fingerprint density at radius 1 is 1.27 bits per heavy atom. The number of aliphatic hydroxyl groups is 1. The van der Waals surface area contributed by atoms with E-state index in [1.54, 1.807) is 12.1 Å². The van der Waals surface area contributed by atoms with Gasteiger partial charge in [0.2, 0.25) is 0 Å². The van der Waals surface area contributed by atoms with Crippen molar-refractivity contribution in [3.63, 3.8) is 0 Å². The number of benzene rings is 1. The number of nitrogens with zero attached hydrogens (tertiary/aromatic N) is 4. The van der Waals surface area contributed by atoms with Gasteiger partial charge in [0.15, 0.2) is 5.82 Å². The first-order valence-electron chi connectivity index (χ1n) is 10.1. The molecule has 0 amide bonds. The summed E-state index contributed by atoms with van der Waals surface area (Å²) in [4.78, 5) is 6.85. The fraction of sp³-hybridized carbons (Fsp3) is 0.409. The van der Waals surface area contributed by atoms with Crippen LogP contribution in [0.25, 0.3) is 10.9 Å². The molecule has 6 nitrogen and oxygen atoms in total. The maximum Gasteiger partial charge on any atom is 0.158 e. The quantitative estimate of drug-likeness (QED) is 0.628. The first kappa shape index (κ1) is 20.8. The van der Waals surface area contributed by atoms with Gasteiger partial charge >= 0.3 is 0 Å². The number of fused-ring (bicyclic) bond motifs is 1. The van der Waals surface area contributed by atoms with Gasteiger partial charge in [-0.15, -0.1) is 5.10 Å². The van der Waals surface area contributed by atoms with Crippen LogP contribution in [0.4, 0.5) is 15.9 Å². The molecular weight excluding hydrogens is 405 g/mol. The molecule has 1 aliphatic heterocycles. The van der Waals surface area contributed by atoms with Crippen LogP contribution in [0.5, 0.6) is 0 Å². The van der Waals surface area contributed by atoms with Gasteiger partial charge in [-0.05, 0) is 51.3 Å². The molecule has 0 spiro atoms. The molecule has 0 bridgehead atoms. The molecule has 8 heteroatoms. The van der Waals surface area contributed by atoms with E-state index in [1.165, 1.54) is 6.07 Å². The Bertz CT molecular complexity index is 1080. The maximum atomic E-state index is 13.9. The van der Waals surface area contributed by atoms with Gasteiger partial charge < -0.3 is 15.3 Å². The number of aryl methyl sites for hydroxylation is 1. The van der Waals surface area contributed by atoms with Gasteiger partial charge in [0.1, 0.15) is 5.82 Å². The molecule has 1 saturated heterocycles. The Morgan fingerprint density at radius 3 is 2.73 bits per heavy atom. The van der Waals surface area contributed by atoms with Crippen LogP contribution in [-0.2, 0) is 0 Å². The molecule has 4 rings (SSSR count). The van der Waals surface area contributed by atoms with Crippen molar-refractivity contribution in [2.24, 2.45) is 0 Å². The van der Waals surface area contributed by atoms with Crippen molar-refractivity contribution in [1.82, 2.24) is 15.2 Å². The summed E-state index contributed by atoms with van der Waals surface area (Å²) in [5, 5.41) is 23.1. The lowest BCUT2D eigenvalue weighted by atomic mass is 9.93. The standard InChI is InChI=1S/C22H25ClFN5O/c1-13(16-5-4-6-18(24)19(16)23)26-21-17-11-15(12-25-20(17)14(2)27-28-21)29-9-7-22(3,30)8-10-29/h4-6,11-13,30H,7-10H2,1-3H3,(H,26,28)/t13-/m1/s1. The second kappa shape index (κ2) is 7.96. The Labute approximate surface area is 180 Å². The van der Waals surface area contributed by atoms with Crippen molar-refractivity contribution in [2.45, 2.75) is 45.3 Å². The molecule has 30 heavy (non-hydrogen) atoms. The van der Waals surface area contributed by atoms with E-state index in [9.17, 15) is 9.50 Å². The van der Waals surface area contributed by atoms with Crippen LogP contribution in [-0.4, -0.2) is 39.0 Å². The predicted molar refractivity (Wildman–Crippen MR) is 118 cm³/mol. The summed E-state index contributed by atoms with van der Waals surface area (Å²) in [6.45, 7) is 7.17. The Hall–Kier alpha value is -2.51. The topological polar surface area (TPSA) is 74.2 Å². The van der Waals surface area contributed by atoms with Gasteiger partial charge in [0.05, 0.1) is 39.8 Å². The fourth-order valence-corrected chi connectivity index (χ4v) is 4.10. The van der Waals surface area contributed by atoms with E-state index in [0.717, 1.165) is 35.4 Å². The van der Waals surface area contributed by atoms with E-state index in [0.29, 0.717) is 24.2 Å². The van der Waals surface area contributed by atoms with Crippen molar-refractivity contribution < 1.29 is 9.50 Å². The lowest BCUT2D eigenvalue weighted by Crippen LogP contribution is -2.42. The van der Waals surface area contributed by atoms with Crippen LogP contribution in [0.2, 0.25) is 5.02 Å². The summed E-state index contributed by atoms with van der Waals surface area (Å²) < 4.78 is 13.9. The van der Waals surface area contributed by atoms with Gasteiger partial charge in [-0.2, -0.15) is 5.10 Å². The minimum atomic E-state index is -0.616. The number of pyridine rings is 1. The van der Waals surface area contributed by atoms with Gasteiger partial charge in [0.25, 0.3) is 0 Å². The molecule has 1 atom stereocenters. The molecular formula is C22H25ClFN5O. The fourth-order valence-electron chi connectivity index (χ4n) is 3.81. The Kier molecular flexibility index (Phi) is 5.51. The molecule has 158 valence electrons. The van der Waals surface area contributed by atoms with Crippen molar-refractivity contribution in [2.75, 3.05) is 23.3 Å². The number of rotatable bonds is 4. The van der Waals surface area contributed by atoms with E-state index in [-0.39, 0.29) is 11.1 Å². The van der Waals surface area contributed by atoms with Crippen molar-refractivity contribution >= 4 is 34.0 Å². The maximum absolute atomic E-state index is 13.9. The number of nitrogens with one attached hydrogen (secondary N) is 1. The van der Waals surface area contributed by atoms with Gasteiger partial charge in [-0.25, -0.2) is 4.39 Å². The first-order chi connectivity index (χ1) is 14.2. The van der Waals surface area contributed by atoms with E-state index in [2.05, 4.69) is 25.4 Å². The zero-order valence-corrected chi connectivity index (χ0v) is 18.0. The average Bonchev–Trinajstić information content (AvgIpc) is 2.72. The number of piperidine rings is 1. The van der Waals surface area contributed by atoms with Crippen LogP contribution in [0, 0.1) is 12.7 Å². The van der Waals surface area contributed by atoms with Crippen LogP contribution >= 0.6 is 11.6 Å². The third-order valence-corrected chi connectivity index (χ3v) is 6.18. The Morgan fingerprint density at radius 2 is 2.00 bits per heavy atom. The summed E-state index contributed by atoms with van der Waals surface area (Å²) in [5.41, 5.74) is 2.51. The SMILES string of the molecule is Cc1nnc(N[C@H](C)c2cccc(F)c2Cl)c2cc(N3CCC(C)(O)CC3)cnc12. The minimum absolute atomic E-state index is 0.0982. The number of halogens is 2. The first-order valence-corrected chi connectivity index (χ1v) is 10.4. The largest absolute Gasteiger partial charge is 0.390 e. The highest BCUT2D eigenvalue weighted by atomic mass is 35.5. The normalized spacial score (nSPS) is 17.2. The van der Waals surface area contributed by atoms with Crippen LogP contribution in [0.15, 0.2) is 30.5 Å². The molecule has 2 aromatic heterocycles. The second-order valence-electron chi connectivity index (χ2n) is 8.22. The molecule has 1 aliphatic rings. The van der Waals surface area contributed by atoms with Crippen LogP contribution in [0.1, 0.15) is 44.0 Å². The second-order valence-corrected chi connectivity index (χ2v) is 8.59. The molecule has 0 saturated carbocycles. The molecule has 3 heterocycles. The Balaban J connectivity index is 1.68. The van der Waals surface area contributed by atoms with Gasteiger partial charge in [-0.3, -0.25) is 4.98 Å². The average molecular weight is 430 g/mol. The molecule has 0 aliphatic carbocycles. The van der Waals surface area contributed by atoms with Gasteiger partial charge in [-0.1, -0.05) is 23.7 Å². The third kappa shape index (κ3) is 4.04. The highest BCUT2D eigenvalue weighted by Gasteiger charge is 2.28. The molecule has 0 unspecified atom stereocenters.